The number of aryl methyl sites for hydroxylation is 1. The second-order valence-electron chi connectivity index (χ2n) is 6.53. The standard InChI is InChI=1S/C17H27N3O/c1-13(18-12-17(2,3)10-11-21-5)16-19-14-8-6-7-9-15(14)20(16)4/h6-9,13,18H,10-12H2,1-5H3. The Bertz CT molecular complexity index is 589. The summed E-state index contributed by atoms with van der Waals surface area (Å²) in [5.74, 6) is 1.08. The van der Waals surface area contributed by atoms with Crippen molar-refractivity contribution in [2.75, 3.05) is 20.3 Å². The number of aromatic nitrogens is 2. The second-order valence-corrected chi connectivity index (χ2v) is 6.53. The van der Waals surface area contributed by atoms with E-state index in [1.54, 1.807) is 7.11 Å². The Morgan fingerprint density at radius 1 is 1.33 bits per heavy atom. The van der Waals surface area contributed by atoms with Crippen molar-refractivity contribution >= 4 is 11.0 Å². The molecule has 0 aliphatic heterocycles. The molecule has 21 heavy (non-hydrogen) atoms. The van der Waals surface area contributed by atoms with Gasteiger partial charge in [0.15, 0.2) is 0 Å². The van der Waals surface area contributed by atoms with E-state index in [9.17, 15) is 0 Å². The van der Waals surface area contributed by atoms with Gasteiger partial charge in [-0.15, -0.1) is 0 Å². The molecule has 4 nitrogen and oxygen atoms in total. The van der Waals surface area contributed by atoms with Crippen molar-refractivity contribution in [3.05, 3.63) is 30.1 Å². The number of imidazole rings is 1. The minimum Gasteiger partial charge on any atom is -0.385 e. The molecule has 0 radical (unpaired) electrons. The predicted molar refractivity (Wildman–Crippen MR) is 87.4 cm³/mol. The van der Waals surface area contributed by atoms with Crippen molar-refractivity contribution in [1.82, 2.24) is 14.9 Å². The normalized spacial score (nSPS) is 13.8. The Kier molecular flexibility index (Phi) is 5.01. The Hall–Kier alpha value is -1.39. The first kappa shape index (κ1) is 16.0. The number of nitrogens with one attached hydrogen (secondary N) is 1. The molecular weight excluding hydrogens is 262 g/mol. The Morgan fingerprint density at radius 3 is 2.71 bits per heavy atom. The largest absolute Gasteiger partial charge is 0.385 e. The molecule has 1 heterocycles. The van der Waals surface area contributed by atoms with Gasteiger partial charge in [-0.2, -0.15) is 0 Å². The summed E-state index contributed by atoms with van der Waals surface area (Å²) in [6.45, 7) is 8.45. The van der Waals surface area contributed by atoms with E-state index < -0.39 is 0 Å². The van der Waals surface area contributed by atoms with Crippen molar-refractivity contribution in [3.8, 4) is 0 Å². The molecule has 1 aromatic heterocycles. The number of rotatable bonds is 7. The summed E-state index contributed by atoms with van der Waals surface area (Å²) in [6.07, 6.45) is 1.05. The number of hydrogen-bond donors (Lipinski definition) is 1. The maximum Gasteiger partial charge on any atom is 0.126 e. The third kappa shape index (κ3) is 3.83. The number of para-hydroxylation sites is 2. The molecule has 1 aromatic carbocycles. The van der Waals surface area contributed by atoms with Crippen LogP contribution in [0.25, 0.3) is 11.0 Å². The Balaban J connectivity index is 2.05. The fourth-order valence-electron chi connectivity index (χ4n) is 2.54. The lowest BCUT2D eigenvalue weighted by molar-refractivity contribution is 0.149. The van der Waals surface area contributed by atoms with Crippen LogP contribution in [0.1, 0.15) is 39.1 Å². The highest BCUT2D eigenvalue weighted by Crippen LogP contribution is 2.22. The lowest BCUT2D eigenvalue weighted by Gasteiger charge is -2.26. The van der Waals surface area contributed by atoms with E-state index in [1.165, 1.54) is 5.52 Å². The lowest BCUT2D eigenvalue weighted by atomic mass is 9.89. The van der Waals surface area contributed by atoms with E-state index in [-0.39, 0.29) is 11.5 Å². The van der Waals surface area contributed by atoms with Crippen LogP contribution >= 0.6 is 0 Å². The van der Waals surface area contributed by atoms with Gasteiger partial charge in [0.1, 0.15) is 5.82 Å². The number of ether oxygens (including phenoxy) is 1. The van der Waals surface area contributed by atoms with Crippen LogP contribution in [-0.2, 0) is 11.8 Å². The van der Waals surface area contributed by atoms with Crippen molar-refractivity contribution in [2.45, 2.75) is 33.2 Å². The first-order chi connectivity index (χ1) is 9.94. The number of nitrogens with zero attached hydrogens (tertiary/aromatic N) is 2. The SMILES string of the molecule is COCCC(C)(C)CNC(C)c1nc2ccccc2n1C. The van der Waals surface area contributed by atoms with Crippen LogP contribution in [0.4, 0.5) is 0 Å². The third-order valence-electron chi connectivity index (χ3n) is 4.08. The van der Waals surface area contributed by atoms with Crippen LogP contribution in [-0.4, -0.2) is 29.8 Å². The molecule has 0 amide bonds. The van der Waals surface area contributed by atoms with Crippen molar-refractivity contribution < 1.29 is 4.74 Å². The summed E-state index contributed by atoms with van der Waals surface area (Å²) >= 11 is 0. The summed E-state index contributed by atoms with van der Waals surface area (Å²) in [4.78, 5) is 4.75. The number of benzene rings is 1. The summed E-state index contributed by atoms with van der Waals surface area (Å²) < 4.78 is 7.36. The fourth-order valence-corrected chi connectivity index (χ4v) is 2.54. The van der Waals surface area contributed by atoms with Gasteiger partial charge in [0.25, 0.3) is 0 Å². The zero-order chi connectivity index (χ0) is 15.5. The lowest BCUT2D eigenvalue weighted by Crippen LogP contribution is -2.33. The molecule has 116 valence electrons. The van der Waals surface area contributed by atoms with E-state index in [0.29, 0.717) is 0 Å². The van der Waals surface area contributed by atoms with Crippen LogP contribution < -0.4 is 5.32 Å². The van der Waals surface area contributed by atoms with Gasteiger partial charge in [0, 0.05) is 27.3 Å². The van der Waals surface area contributed by atoms with Crippen molar-refractivity contribution in [3.63, 3.8) is 0 Å². The highest BCUT2D eigenvalue weighted by atomic mass is 16.5. The monoisotopic (exact) mass is 289 g/mol. The van der Waals surface area contributed by atoms with E-state index in [4.69, 9.17) is 9.72 Å². The van der Waals surface area contributed by atoms with Gasteiger partial charge in [-0.05, 0) is 30.9 Å². The molecule has 0 bridgehead atoms. The van der Waals surface area contributed by atoms with Crippen LogP contribution in [0.5, 0.6) is 0 Å². The van der Waals surface area contributed by atoms with E-state index in [0.717, 1.165) is 30.9 Å². The van der Waals surface area contributed by atoms with Gasteiger partial charge in [0.2, 0.25) is 0 Å². The molecule has 0 fully saturated rings. The first-order valence-electron chi connectivity index (χ1n) is 7.58. The molecule has 1 N–H and O–H groups in total. The highest BCUT2D eigenvalue weighted by molar-refractivity contribution is 5.75. The fraction of sp³-hybridized carbons (Fsp3) is 0.588. The predicted octanol–water partition coefficient (Wildman–Crippen LogP) is 3.29. The molecule has 1 unspecified atom stereocenters. The van der Waals surface area contributed by atoms with E-state index in [1.807, 2.05) is 6.07 Å². The van der Waals surface area contributed by atoms with Gasteiger partial charge in [-0.25, -0.2) is 4.98 Å². The van der Waals surface area contributed by atoms with Gasteiger partial charge in [-0.1, -0.05) is 26.0 Å². The van der Waals surface area contributed by atoms with Gasteiger partial charge >= 0.3 is 0 Å². The summed E-state index contributed by atoms with van der Waals surface area (Å²) in [7, 11) is 3.84. The van der Waals surface area contributed by atoms with Crippen LogP contribution in [0.15, 0.2) is 24.3 Å². The second kappa shape index (κ2) is 6.58. The van der Waals surface area contributed by atoms with Crippen LogP contribution in [0, 0.1) is 5.41 Å². The number of methoxy groups -OCH3 is 1. The smallest absolute Gasteiger partial charge is 0.126 e. The van der Waals surface area contributed by atoms with Crippen LogP contribution in [0.3, 0.4) is 0 Å². The maximum atomic E-state index is 5.18. The zero-order valence-electron chi connectivity index (χ0n) is 13.8. The highest BCUT2D eigenvalue weighted by Gasteiger charge is 2.20. The molecule has 2 rings (SSSR count). The average Bonchev–Trinajstić information content (AvgIpc) is 2.81. The van der Waals surface area contributed by atoms with Gasteiger partial charge in [-0.3, -0.25) is 0 Å². The molecule has 0 saturated carbocycles. The zero-order valence-corrected chi connectivity index (χ0v) is 13.8. The summed E-state index contributed by atoms with van der Waals surface area (Å²) in [5.41, 5.74) is 2.46. The minimum absolute atomic E-state index is 0.217. The Labute approximate surface area is 127 Å². The molecule has 0 spiro atoms. The Morgan fingerprint density at radius 2 is 2.05 bits per heavy atom. The summed E-state index contributed by atoms with van der Waals surface area (Å²) in [5, 5.41) is 3.61. The molecule has 0 aliphatic carbocycles. The molecule has 0 aliphatic rings. The minimum atomic E-state index is 0.217. The topological polar surface area (TPSA) is 39.1 Å². The van der Waals surface area contributed by atoms with Crippen molar-refractivity contribution in [2.24, 2.45) is 12.5 Å². The number of fused-ring (bicyclic) bond motifs is 1. The maximum absolute atomic E-state index is 5.18. The van der Waals surface area contributed by atoms with E-state index in [2.05, 4.69) is 55.9 Å². The van der Waals surface area contributed by atoms with Gasteiger partial charge < -0.3 is 14.6 Å². The molecular formula is C17H27N3O. The first-order valence-corrected chi connectivity index (χ1v) is 7.58. The summed E-state index contributed by atoms with van der Waals surface area (Å²) in [6, 6.07) is 8.49. The molecule has 1 atom stereocenters. The number of hydrogen-bond acceptors (Lipinski definition) is 3. The quantitative estimate of drug-likeness (QED) is 0.850. The third-order valence-corrected chi connectivity index (χ3v) is 4.08. The molecule has 2 aromatic rings. The van der Waals surface area contributed by atoms with E-state index >= 15 is 0 Å². The molecule has 0 saturated heterocycles. The molecule has 4 heteroatoms. The average molecular weight is 289 g/mol. The van der Waals surface area contributed by atoms with Crippen LogP contribution in [0.2, 0.25) is 0 Å². The van der Waals surface area contributed by atoms with Crippen molar-refractivity contribution in [1.29, 1.82) is 0 Å². The van der Waals surface area contributed by atoms with Gasteiger partial charge in [0.05, 0.1) is 17.1 Å².